The van der Waals surface area contributed by atoms with Crippen LogP contribution in [0.4, 0.5) is 8.78 Å². The van der Waals surface area contributed by atoms with Crippen molar-refractivity contribution in [3.05, 3.63) is 59.7 Å². The first-order chi connectivity index (χ1) is 12.5. The van der Waals surface area contributed by atoms with E-state index in [-0.39, 0.29) is 11.7 Å². The Hall–Kier alpha value is -2.63. The Morgan fingerprint density at radius 2 is 1.65 bits per heavy atom. The number of unbranched alkanes of at least 4 members (excludes halogenated alkanes) is 1. The summed E-state index contributed by atoms with van der Waals surface area (Å²) in [5.41, 5.74) is 1.38. The highest BCUT2D eigenvalue weighted by Gasteiger charge is 2.12. The third kappa shape index (κ3) is 6.02. The number of alkyl halides is 2. The number of benzene rings is 2. The zero-order valence-corrected chi connectivity index (χ0v) is 15.0. The molecule has 0 fully saturated rings. The van der Waals surface area contributed by atoms with E-state index in [1.165, 1.54) is 12.1 Å². The molecule has 4 nitrogen and oxygen atoms in total. The minimum Gasteiger partial charge on any atom is -0.494 e. The molecule has 26 heavy (non-hydrogen) atoms. The highest BCUT2D eigenvalue weighted by atomic mass is 19.3. The van der Waals surface area contributed by atoms with Gasteiger partial charge in [0, 0.05) is 19.2 Å². The van der Waals surface area contributed by atoms with Gasteiger partial charge in [-0.15, -0.1) is 0 Å². The molecule has 2 aromatic carbocycles. The largest absolute Gasteiger partial charge is 0.494 e. The minimum atomic E-state index is -2.85. The van der Waals surface area contributed by atoms with Crippen LogP contribution in [-0.2, 0) is 6.54 Å². The van der Waals surface area contributed by atoms with Gasteiger partial charge in [-0.05, 0) is 48.4 Å². The number of hydrogen-bond donors (Lipinski definition) is 0. The second kappa shape index (κ2) is 9.75. The number of ether oxygens (including phenoxy) is 2. The molecule has 0 saturated heterocycles. The van der Waals surface area contributed by atoms with Gasteiger partial charge in [0.25, 0.3) is 5.91 Å². The first kappa shape index (κ1) is 19.7. The summed E-state index contributed by atoms with van der Waals surface area (Å²) in [7, 11) is 1.69. The van der Waals surface area contributed by atoms with Crippen LogP contribution in [0.3, 0.4) is 0 Å². The van der Waals surface area contributed by atoms with E-state index in [1.807, 2.05) is 0 Å². The summed E-state index contributed by atoms with van der Waals surface area (Å²) in [6.07, 6.45) is 2.06. The van der Waals surface area contributed by atoms with E-state index < -0.39 is 6.61 Å². The van der Waals surface area contributed by atoms with Crippen LogP contribution < -0.4 is 9.47 Å². The maximum atomic E-state index is 12.5. The van der Waals surface area contributed by atoms with E-state index >= 15 is 0 Å². The highest BCUT2D eigenvalue weighted by Crippen LogP contribution is 2.17. The van der Waals surface area contributed by atoms with Crippen molar-refractivity contribution in [3.8, 4) is 11.5 Å². The van der Waals surface area contributed by atoms with E-state index in [2.05, 4.69) is 11.7 Å². The molecule has 0 aliphatic heterocycles. The average Bonchev–Trinajstić information content (AvgIpc) is 2.63. The Morgan fingerprint density at radius 3 is 2.23 bits per heavy atom. The Morgan fingerprint density at radius 1 is 1.04 bits per heavy atom. The molecule has 0 saturated carbocycles. The van der Waals surface area contributed by atoms with Gasteiger partial charge in [-0.1, -0.05) is 25.5 Å². The molecule has 0 radical (unpaired) electrons. The smallest absolute Gasteiger partial charge is 0.387 e. The zero-order chi connectivity index (χ0) is 18.9. The lowest BCUT2D eigenvalue weighted by atomic mass is 10.1. The molecule has 2 aromatic rings. The lowest BCUT2D eigenvalue weighted by molar-refractivity contribution is -0.0498. The van der Waals surface area contributed by atoms with Crippen LogP contribution >= 0.6 is 0 Å². The molecule has 0 spiro atoms. The summed E-state index contributed by atoms with van der Waals surface area (Å²) in [5.74, 6) is 0.710. The van der Waals surface area contributed by atoms with Crippen LogP contribution in [0.15, 0.2) is 48.5 Å². The molecule has 140 valence electrons. The molecule has 0 bridgehead atoms. The molecular weight excluding hydrogens is 340 g/mol. The number of halogens is 2. The Kier molecular flexibility index (Phi) is 7.38. The van der Waals surface area contributed by atoms with E-state index in [9.17, 15) is 13.6 Å². The van der Waals surface area contributed by atoms with E-state index in [0.29, 0.717) is 18.7 Å². The van der Waals surface area contributed by atoms with E-state index in [4.69, 9.17) is 4.74 Å². The summed E-state index contributed by atoms with van der Waals surface area (Å²) in [4.78, 5) is 14.1. The van der Waals surface area contributed by atoms with Gasteiger partial charge in [0.1, 0.15) is 11.5 Å². The molecule has 6 heteroatoms. The van der Waals surface area contributed by atoms with Crippen LogP contribution in [0.1, 0.15) is 35.7 Å². The Labute approximate surface area is 152 Å². The van der Waals surface area contributed by atoms with Crippen molar-refractivity contribution in [3.63, 3.8) is 0 Å². The van der Waals surface area contributed by atoms with Gasteiger partial charge in [0.05, 0.1) is 6.61 Å². The summed E-state index contributed by atoms with van der Waals surface area (Å²) < 4.78 is 34.2. The lowest BCUT2D eigenvalue weighted by Gasteiger charge is -2.18. The third-order valence-corrected chi connectivity index (χ3v) is 3.78. The zero-order valence-electron chi connectivity index (χ0n) is 15.0. The highest BCUT2D eigenvalue weighted by molar-refractivity contribution is 5.94. The van der Waals surface area contributed by atoms with Crippen molar-refractivity contribution < 1.29 is 23.0 Å². The predicted molar refractivity (Wildman–Crippen MR) is 95.7 cm³/mol. The molecule has 0 unspecified atom stereocenters. The molecule has 0 heterocycles. The van der Waals surface area contributed by atoms with Crippen molar-refractivity contribution in [1.82, 2.24) is 4.90 Å². The third-order valence-electron chi connectivity index (χ3n) is 3.78. The fourth-order valence-electron chi connectivity index (χ4n) is 2.37. The molecule has 0 aromatic heterocycles. The number of rotatable bonds is 9. The normalized spacial score (nSPS) is 10.7. The molecule has 0 N–H and O–H groups in total. The standard InChI is InChI=1S/C20H23F2NO3/c1-3-4-13-25-17-11-7-16(8-12-17)19(24)23(2)14-15-5-9-18(10-6-15)26-20(21)22/h5-12,20H,3-4,13-14H2,1-2H3. The second-order valence-electron chi connectivity index (χ2n) is 5.91. The maximum Gasteiger partial charge on any atom is 0.387 e. The fraction of sp³-hybridized carbons (Fsp3) is 0.350. The second-order valence-corrected chi connectivity index (χ2v) is 5.91. The van der Waals surface area contributed by atoms with Crippen LogP contribution in [-0.4, -0.2) is 31.1 Å². The Bertz CT molecular complexity index is 687. The van der Waals surface area contributed by atoms with Gasteiger partial charge in [-0.2, -0.15) is 8.78 Å². The molecular formula is C20H23F2NO3. The van der Waals surface area contributed by atoms with Gasteiger partial charge in [-0.25, -0.2) is 0 Å². The van der Waals surface area contributed by atoms with Gasteiger partial charge in [0.2, 0.25) is 0 Å². The van der Waals surface area contributed by atoms with Crippen molar-refractivity contribution in [2.45, 2.75) is 32.9 Å². The van der Waals surface area contributed by atoms with E-state index in [1.54, 1.807) is 48.3 Å². The first-order valence-electron chi connectivity index (χ1n) is 8.51. The molecule has 2 rings (SSSR count). The van der Waals surface area contributed by atoms with Crippen molar-refractivity contribution >= 4 is 5.91 Å². The van der Waals surface area contributed by atoms with Gasteiger partial charge in [-0.3, -0.25) is 4.79 Å². The average molecular weight is 363 g/mol. The number of hydrogen-bond acceptors (Lipinski definition) is 3. The quantitative estimate of drug-likeness (QED) is 0.604. The van der Waals surface area contributed by atoms with Crippen LogP contribution in [0, 0.1) is 0 Å². The Balaban J connectivity index is 1.92. The fourth-order valence-corrected chi connectivity index (χ4v) is 2.37. The topological polar surface area (TPSA) is 38.8 Å². The first-order valence-corrected chi connectivity index (χ1v) is 8.51. The molecule has 1 amide bonds. The van der Waals surface area contributed by atoms with Crippen LogP contribution in [0.5, 0.6) is 11.5 Å². The van der Waals surface area contributed by atoms with Gasteiger partial charge >= 0.3 is 6.61 Å². The van der Waals surface area contributed by atoms with Crippen molar-refractivity contribution in [1.29, 1.82) is 0 Å². The van der Waals surface area contributed by atoms with E-state index in [0.717, 1.165) is 24.2 Å². The van der Waals surface area contributed by atoms with Crippen molar-refractivity contribution in [2.75, 3.05) is 13.7 Å². The number of carbonyl (C=O) groups excluding carboxylic acids is 1. The number of carbonyl (C=O) groups is 1. The summed E-state index contributed by atoms with van der Waals surface area (Å²) in [6.45, 7) is 0.275. The minimum absolute atomic E-state index is 0.0939. The number of amides is 1. The van der Waals surface area contributed by atoms with Gasteiger partial charge in [0.15, 0.2) is 0 Å². The molecule has 0 aliphatic rings. The maximum absolute atomic E-state index is 12.5. The predicted octanol–water partition coefficient (Wildman–Crippen LogP) is 4.74. The summed E-state index contributed by atoms with van der Waals surface area (Å²) in [6, 6.07) is 13.3. The molecule has 0 aliphatic carbocycles. The lowest BCUT2D eigenvalue weighted by Crippen LogP contribution is -2.26. The number of nitrogens with zero attached hydrogens (tertiary/aromatic N) is 1. The van der Waals surface area contributed by atoms with Crippen LogP contribution in [0.25, 0.3) is 0 Å². The SMILES string of the molecule is CCCCOc1ccc(C(=O)N(C)Cc2ccc(OC(F)F)cc2)cc1. The summed E-state index contributed by atoms with van der Waals surface area (Å²) >= 11 is 0. The molecule has 0 atom stereocenters. The summed E-state index contributed by atoms with van der Waals surface area (Å²) in [5, 5.41) is 0. The monoisotopic (exact) mass is 363 g/mol. The van der Waals surface area contributed by atoms with Gasteiger partial charge < -0.3 is 14.4 Å². The van der Waals surface area contributed by atoms with Crippen LogP contribution in [0.2, 0.25) is 0 Å². The van der Waals surface area contributed by atoms with Crippen molar-refractivity contribution in [2.24, 2.45) is 0 Å².